The highest BCUT2D eigenvalue weighted by Gasteiger charge is 2.34. The molecule has 0 aromatic carbocycles. The lowest BCUT2D eigenvalue weighted by Gasteiger charge is -2.06. The van der Waals surface area contributed by atoms with Crippen molar-refractivity contribution in [3.05, 3.63) is 22.2 Å². The topological polar surface area (TPSA) is 106 Å². The van der Waals surface area contributed by atoms with E-state index in [1.165, 1.54) is 12.1 Å². The number of aromatic nitrogens is 1. The largest absolute Gasteiger partial charge is 0.361 e. The molecule has 2 unspecified atom stereocenters. The zero-order valence-electron chi connectivity index (χ0n) is 8.80. The molecule has 0 saturated heterocycles. The molecule has 86 valence electrons. The predicted molar refractivity (Wildman–Crippen MR) is 59.9 cm³/mol. The third kappa shape index (κ3) is 2.03. The highest BCUT2D eigenvalue weighted by molar-refractivity contribution is 5.60. The summed E-state index contributed by atoms with van der Waals surface area (Å²) in [6, 6.07) is 3.14. The van der Waals surface area contributed by atoms with Crippen LogP contribution in [0.1, 0.15) is 13.3 Å². The fourth-order valence-electron chi connectivity index (χ4n) is 1.48. The van der Waals surface area contributed by atoms with Crippen LogP contribution in [0.5, 0.6) is 0 Å². The van der Waals surface area contributed by atoms with Gasteiger partial charge in [-0.1, -0.05) is 6.92 Å². The molecule has 1 saturated carbocycles. The number of pyridine rings is 1. The molecule has 1 aliphatic rings. The van der Waals surface area contributed by atoms with Gasteiger partial charge in [0.2, 0.25) is 5.82 Å². The number of hydrogen-bond acceptors (Lipinski definition) is 6. The summed E-state index contributed by atoms with van der Waals surface area (Å²) < 4.78 is 0. The van der Waals surface area contributed by atoms with Gasteiger partial charge in [-0.2, -0.15) is 0 Å². The molecule has 7 heteroatoms. The monoisotopic (exact) mass is 223 g/mol. The molecule has 16 heavy (non-hydrogen) atoms. The van der Waals surface area contributed by atoms with Crippen molar-refractivity contribution < 1.29 is 4.92 Å². The quantitative estimate of drug-likeness (QED) is 0.401. The second-order valence-corrected chi connectivity index (χ2v) is 3.93. The van der Waals surface area contributed by atoms with Crippen molar-refractivity contribution in [1.82, 2.24) is 4.98 Å². The number of nitrogens with zero attached hydrogens (tertiary/aromatic N) is 2. The number of nitrogens with one attached hydrogen (secondary N) is 2. The Kier molecular flexibility index (Phi) is 2.61. The Morgan fingerprint density at radius 2 is 2.31 bits per heavy atom. The van der Waals surface area contributed by atoms with Gasteiger partial charge in [-0.25, -0.2) is 10.8 Å². The molecule has 1 heterocycles. The smallest absolute Gasteiger partial charge is 0.311 e. The third-order valence-corrected chi connectivity index (χ3v) is 2.65. The molecule has 2 atom stereocenters. The van der Waals surface area contributed by atoms with Crippen molar-refractivity contribution in [2.45, 2.75) is 19.4 Å². The first-order valence-corrected chi connectivity index (χ1v) is 5.00. The maximum Gasteiger partial charge on any atom is 0.311 e. The van der Waals surface area contributed by atoms with Gasteiger partial charge in [-0.15, -0.1) is 0 Å². The number of hydrazine groups is 1. The van der Waals surface area contributed by atoms with Gasteiger partial charge in [0.25, 0.3) is 0 Å². The fraction of sp³-hybridized carbons (Fsp3) is 0.444. The van der Waals surface area contributed by atoms with Gasteiger partial charge < -0.3 is 10.7 Å². The lowest BCUT2D eigenvalue weighted by atomic mass is 10.3. The van der Waals surface area contributed by atoms with Crippen LogP contribution in [0.15, 0.2) is 12.1 Å². The van der Waals surface area contributed by atoms with Crippen LogP contribution >= 0.6 is 0 Å². The van der Waals surface area contributed by atoms with E-state index < -0.39 is 4.92 Å². The van der Waals surface area contributed by atoms with Gasteiger partial charge in [0.15, 0.2) is 0 Å². The van der Waals surface area contributed by atoms with Crippen LogP contribution in [0.2, 0.25) is 0 Å². The van der Waals surface area contributed by atoms with E-state index in [2.05, 4.69) is 22.7 Å². The maximum absolute atomic E-state index is 10.8. The van der Waals surface area contributed by atoms with E-state index >= 15 is 0 Å². The van der Waals surface area contributed by atoms with Gasteiger partial charge in [-0.05, 0) is 18.4 Å². The van der Waals surface area contributed by atoms with Crippen LogP contribution in [0.25, 0.3) is 0 Å². The number of anilines is 2. The lowest BCUT2D eigenvalue weighted by molar-refractivity contribution is -0.384. The molecule has 1 aromatic rings. The number of nitrogen functional groups attached to an aromatic ring is 1. The van der Waals surface area contributed by atoms with E-state index in [4.69, 9.17) is 5.84 Å². The summed E-state index contributed by atoms with van der Waals surface area (Å²) >= 11 is 0. The molecule has 7 nitrogen and oxygen atoms in total. The van der Waals surface area contributed by atoms with Crippen LogP contribution < -0.4 is 16.6 Å². The van der Waals surface area contributed by atoms with Crippen molar-refractivity contribution in [3.63, 3.8) is 0 Å². The summed E-state index contributed by atoms with van der Waals surface area (Å²) in [7, 11) is 0. The Hall–Kier alpha value is -1.89. The maximum atomic E-state index is 10.8. The summed E-state index contributed by atoms with van der Waals surface area (Å²) in [5.74, 6) is 6.42. The molecule has 1 fully saturated rings. The standard InChI is InChI=1S/C9H13N5O2/c1-5-4-6(5)11-9-7(14(15)16)2-3-8(12-9)13-10/h2-3,5-6H,4,10H2,1H3,(H2,11,12,13). The molecule has 1 aliphatic carbocycles. The zero-order chi connectivity index (χ0) is 11.7. The summed E-state index contributed by atoms with van der Waals surface area (Å²) in [5, 5.41) is 13.8. The number of nitrogens with two attached hydrogens (primary N) is 1. The minimum atomic E-state index is -0.456. The molecule has 2 rings (SSSR count). The van der Waals surface area contributed by atoms with Gasteiger partial charge in [-0.3, -0.25) is 10.1 Å². The lowest BCUT2D eigenvalue weighted by Crippen LogP contribution is -2.12. The summed E-state index contributed by atoms with van der Waals surface area (Å²) in [5.41, 5.74) is 2.34. The van der Waals surface area contributed by atoms with Crippen LogP contribution in [-0.4, -0.2) is 15.9 Å². The third-order valence-electron chi connectivity index (χ3n) is 2.65. The zero-order valence-corrected chi connectivity index (χ0v) is 8.80. The van der Waals surface area contributed by atoms with Gasteiger partial charge in [0.05, 0.1) is 4.92 Å². The number of nitro groups is 1. The Labute approximate surface area is 92.2 Å². The van der Waals surface area contributed by atoms with Crippen molar-refractivity contribution in [2.24, 2.45) is 11.8 Å². The van der Waals surface area contributed by atoms with Crippen molar-refractivity contribution in [3.8, 4) is 0 Å². The van der Waals surface area contributed by atoms with Crippen molar-refractivity contribution >= 4 is 17.3 Å². The Balaban J connectivity index is 2.26. The normalized spacial score (nSPS) is 22.6. The Morgan fingerprint density at radius 3 is 2.81 bits per heavy atom. The highest BCUT2D eigenvalue weighted by Crippen LogP contribution is 2.35. The Bertz CT molecular complexity index is 422. The molecule has 0 bridgehead atoms. The summed E-state index contributed by atoms with van der Waals surface area (Å²) in [6.45, 7) is 2.08. The molecule has 1 aromatic heterocycles. The first kappa shape index (κ1) is 10.6. The number of rotatable bonds is 4. The fourth-order valence-corrected chi connectivity index (χ4v) is 1.48. The average Bonchev–Trinajstić information content (AvgIpc) is 2.93. The van der Waals surface area contributed by atoms with Crippen LogP contribution in [0, 0.1) is 16.0 Å². The van der Waals surface area contributed by atoms with E-state index in [1.54, 1.807) is 0 Å². The van der Waals surface area contributed by atoms with E-state index in [-0.39, 0.29) is 17.5 Å². The molecule has 4 N–H and O–H groups in total. The Morgan fingerprint density at radius 1 is 1.62 bits per heavy atom. The van der Waals surface area contributed by atoms with Gasteiger partial charge >= 0.3 is 5.69 Å². The van der Waals surface area contributed by atoms with Gasteiger partial charge in [0, 0.05) is 12.1 Å². The second kappa shape index (κ2) is 3.93. The van der Waals surface area contributed by atoms with E-state index in [9.17, 15) is 10.1 Å². The van der Waals surface area contributed by atoms with E-state index in [0.717, 1.165) is 6.42 Å². The molecular formula is C9H13N5O2. The highest BCUT2D eigenvalue weighted by atomic mass is 16.6. The van der Waals surface area contributed by atoms with Crippen molar-refractivity contribution in [1.29, 1.82) is 0 Å². The first-order chi connectivity index (χ1) is 7.61. The summed E-state index contributed by atoms with van der Waals surface area (Å²) in [6.07, 6.45) is 1.01. The molecule has 0 radical (unpaired) electrons. The minimum absolute atomic E-state index is 0.0295. The first-order valence-electron chi connectivity index (χ1n) is 5.00. The molecular weight excluding hydrogens is 210 g/mol. The van der Waals surface area contributed by atoms with Crippen molar-refractivity contribution in [2.75, 3.05) is 10.7 Å². The van der Waals surface area contributed by atoms with Gasteiger partial charge in [0.1, 0.15) is 5.82 Å². The van der Waals surface area contributed by atoms with E-state index in [0.29, 0.717) is 11.7 Å². The SMILES string of the molecule is CC1CC1Nc1nc(NN)ccc1[N+](=O)[O-]. The minimum Gasteiger partial charge on any atom is -0.361 e. The predicted octanol–water partition coefficient (Wildman–Crippen LogP) is 1.10. The second-order valence-electron chi connectivity index (χ2n) is 3.93. The average molecular weight is 223 g/mol. The van der Waals surface area contributed by atoms with Crippen LogP contribution in [0.4, 0.5) is 17.3 Å². The van der Waals surface area contributed by atoms with Crippen LogP contribution in [-0.2, 0) is 0 Å². The van der Waals surface area contributed by atoms with Crippen LogP contribution in [0.3, 0.4) is 0 Å². The molecule has 0 spiro atoms. The molecule has 0 amide bonds. The number of hydrogen-bond donors (Lipinski definition) is 3. The summed E-state index contributed by atoms with van der Waals surface area (Å²) in [4.78, 5) is 14.4. The molecule has 0 aliphatic heterocycles. The van der Waals surface area contributed by atoms with E-state index in [1.807, 2.05) is 0 Å².